The molecule has 0 spiro atoms. The van der Waals surface area contributed by atoms with Crippen molar-refractivity contribution in [1.29, 1.82) is 0 Å². The number of nitrogens with zero attached hydrogens (tertiary/aromatic N) is 3. The molecular weight excluding hydrogens is 500 g/mol. The Morgan fingerprint density at radius 3 is 2.42 bits per heavy atom. The van der Waals surface area contributed by atoms with Crippen LogP contribution in [-0.2, 0) is 4.74 Å². The van der Waals surface area contributed by atoms with E-state index in [0.717, 1.165) is 27.2 Å². The molecule has 0 atom stereocenters. The molecule has 0 amide bonds. The Morgan fingerprint density at radius 1 is 0.868 bits per heavy atom. The van der Waals surface area contributed by atoms with Crippen LogP contribution in [0.4, 0.5) is 11.5 Å². The maximum Gasteiger partial charge on any atom is 0.337 e. The van der Waals surface area contributed by atoms with Crippen LogP contribution < -0.4 is 14.8 Å². The van der Waals surface area contributed by atoms with Gasteiger partial charge >= 0.3 is 5.97 Å². The number of hydrogen-bond donors (Lipinski definition) is 1. The lowest BCUT2D eigenvalue weighted by Gasteiger charge is -2.12. The highest BCUT2D eigenvalue weighted by Gasteiger charge is 2.14. The third-order valence-corrected chi connectivity index (χ3v) is 6.51. The Balaban J connectivity index is 1.43. The molecule has 2 heterocycles. The normalized spacial score (nSPS) is 11.0. The third-order valence-electron chi connectivity index (χ3n) is 5.79. The summed E-state index contributed by atoms with van der Waals surface area (Å²) in [6, 6.07) is 20.8. The van der Waals surface area contributed by atoms with Gasteiger partial charge in [-0.3, -0.25) is 0 Å². The molecule has 1 N–H and O–H groups in total. The van der Waals surface area contributed by atoms with Crippen LogP contribution in [0.2, 0.25) is 0 Å². The van der Waals surface area contributed by atoms with Crippen LogP contribution >= 0.6 is 11.3 Å². The van der Waals surface area contributed by atoms with E-state index in [9.17, 15) is 4.79 Å². The largest absolute Gasteiger partial charge is 0.493 e. The second-order valence-electron chi connectivity index (χ2n) is 8.17. The van der Waals surface area contributed by atoms with Gasteiger partial charge in [-0.25, -0.2) is 19.7 Å². The first-order chi connectivity index (χ1) is 18.6. The Morgan fingerprint density at radius 2 is 1.66 bits per heavy atom. The molecule has 0 saturated heterocycles. The van der Waals surface area contributed by atoms with Crippen molar-refractivity contribution in [2.24, 2.45) is 0 Å². The van der Waals surface area contributed by atoms with Gasteiger partial charge in [0.1, 0.15) is 10.3 Å². The van der Waals surface area contributed by atoms with Crippen molar-refractivity contribution in [2.45, 2.75) is 0 Å². The highest BCUT2D eigenvalue weighted by atomic mass is 32.1. The summed E-state index contributed by atoms with van der Waals surface area (Å²) in [5, 5.41) is 3.36. The van der Waals surface area contributed by atoms with Gasteiger partial charge < -0.3 is 19.5 Å². The highest BCUT2D eigenvalue weighted by Crippen LogP contribution is 2.33. The summed E-state index contributed by atoms with van der Waals surface area (Å²) in [5.74, 6) is 2.09. The minimum atomic E-state index is -0.355. The summed E-state index contributed by atoms with van der Waals surface area (Å²) in [5.41, 5.74) is 6.58. The number of aromatic nitrogens is 3. The topological polar surface area (TPSA) is 95.5 Å². The van der Waals surface area contributed by atoms with Gasteiger partial charge in [0.15, 0.2) is 23.1 Å². The van der Waals surface area contributed by atoms with E-state index in [-0.39, 0.29) is 5.97 Å². The Kier molecular flexibility index (Phi) is 7.28. The Hall–Kier alpha value is -4.76. The monoisotopic (exact) mass is 524 g/mol. The zero-order valence-electron chi connectivity index (χ0n) is 21.0. The molecule has 9 heteroatoms. The average molecular weight is 525 g/mol. The van der Waals surface area contributed by atoms with Crippen LogP contribution in [0.15, 0.2) is 72.2 Å². The number of rotatable bonds is 8. The number of carbonyl (C=O) groups excluding carboxylic acids is 1. The van der Waals surface area contributed by atoms with Gasteiger partial charge in [-0.1, -0.05) is 42.5 Å². The second kappa shape index (κ2) is 11.1. The molecule has 0 bridgehead atoms. The molecule has 190 valence electrons. The number of benzene rings is 3. The van der Waals surface area contributed by atoms with E-state index in [2.05, 4.69) is 10.3 Å². The van der Waals surface area contributed by atoms with Crippen molar-refractivity contribution in [1.82, 2.24) is 15.0 Å². The zero-order valence-corrected chi connectivity index (χ0v) is 21.8. The number of carbonyl (C=O) groups is 1. The molecule has 0 aliphatic carbocycles. The van der Waals surface area contributed by atoms with E-state index in [1.165, 1.54) is 18.4 Å². The molecule has 38 heavy (non-hydrogen) atoms. The summed E-state index contributed by atoms with van der Waals surface area (Å²) in [4.78, 5) is 26.5. The van der Waals surface area contributed by atoms with Crippen molar-refractivity contribution in [3.05, 3.63) is 88.9 Å². The summed E-state index contributed by atoms with van der Waals surface area (Å²) in [6.45, 7) is 0. The Labute approximate surface area is 223 Å². The van der Waals surface area contributed by atoms with E-state index >= 15 is 0 Å². The van der Waals surface area contributed by atoms with E-state index in [1.807, 2.05) is 66.7 Å². The molecule has 8 nitrogen and oxygen atoms in total. The predicted molar refractivity (Wildman–Crippen MR) is 150 cm³/mol. The van der Waals surface area contributed by atoms with E-state index in [4.69, 9.17) is 24.2 Å². The second-order valence-corrected chi connectivity index (χ2v) is 9.00. The van der Waals surface area contributed by atoms with Crippen LogP contribution in [0.3, 0.4) is 0 Å². The maximum atomic E-state index is 11.7. The van der Waals surface area contributed by atoms with Crippen LogP contribution in [0.5, 0.6) is 11.5 Å². The number of esters is 1. The first-order valence-corrected chi connectivity index (χ1v) is 12.5. The molecule has 0 radical (unpaired) electrons. The van der Waals surface area contributed by atoms with Crippen LogP contribution in [0, 0.1) is 0 Å². The first-order valence-electron chi connectivity index (χ1n) is 11.6. The molecule has 3 aromatic carbocycles. The summed E-state index contributed by atoms with van der Waals surface area (Å²) >= 11 is 1.46. The van der Waals surface area contributed by atoms with Crippen LogP contribution in [-0.4, -0.2) is 42.3 Å². The van der Waals surface area contributed by atoms with Crippen molar-refractivity contribution in [3.8, 4) is 22.9 Å². The van der Waals surface area contributed by atoms with Crippen molar-refractivity contribution < 1.29 is 19.0 Å². The molecule has 0 aliphatic heterocycles. The molecular formula is C29H24N4O4S. The van der Waals surface area contributed by atoms with Crippen LogP contribution in [0.25, 0.3) is 33.9 Å². The molecule has 5 aromatic rings. The smallest absolute Gasteiger partial charge is 0.337 e. The van der Waals surface area contributed by atoms with Crippen LogP contribution in [0.1, 0.15) is 21.5 Å². The lowest BCUT2D eigenvalue weighted by Crippen LogP contribution is -2.00. The number of methoxy groups -OCH3 is 3. The number of fused-ring (bicyclic) bond motifs is 1. The van der Waals surface area contributed by atoms with Crippen molar-refractivity contribution in [3.63, 3.8) is 0 Å². The van der Waals surface area contributed by atoms with E-state index < -0.39 is 0 Å². The summed E-state index contributed by atoms with van der Waals surface area (Å²) in [6.07, 6.45) is 3.99. The fraction of sp³-hybridized carbons (Fsp3) is 0.103. The van der Waals surface area contributed by atoms with Gasteiger partial charge in [-0.05, 0) is 41.5 Å². The number of thiazole rings is 1. The minimum Gasteiger partial charge on any atom is -0.493 e. The molecule has 0 aliphatic rings. The number of hydrogen-bond acceptors (Lipinski definition) is 9. The number of nitrogens with one attached hydrogen (secondary N) is 1. The van der Waals surface area contributed by atoms with Crippen molar-refractivity contribution in [2.75, 3.05) is 26.6 Å². The van der Waals surface area contributed by atoms with E-state index in [0.29, 0.717) is 34.2 Å². The molecule has 5 rings (SSSR count). The molecule has 2 aromatic heterocycles. The predicted octanol–water partition coefficient (Wildman–Crippen LogP) is 6.47. The van der Waals surface area contributed by atoms with Gasteiger partial charge in [0.2, 0.25) is 0 Å². The molecule has 0 unspecified atom stereocenters. The van der Waals surface area contributed by atoms with Gasteiger partial charge in [0.25, 0.3) is 0 Å². The summed E-state index contributed by atoms with van der Waals surface area (Å²) in [7, 11) is 4.57. The fourth-order valence-electron chi connectivity index (χ4n) is 3.85. The maximum absolute atomic E-state index is 11.7. The van der Waals surface area contributed by atoms with E-state index in [1.54, 1.807) is 31.9 Å². The lowest BCUT2D eigenvalue weighted by molar-refractivity contribution is 0.0600. The minimum absolute atomic E-state index is 0.355. The standard InChI is InChI=1S/C29H24N4O4S/c1-35-23-14-13-22(16-24(23)36-2)31-27-25-28(38-17-30-25)33-26(32-27)21-6-4-5-19(15-21)8-7-18-9-11-20(12-10-18)29(34)37-3/h4-17H,1-3H3,(H,31,32,33)/b8-7+. The molecule has 0 fully saturated rings. The van der Waals surface area contributed by atoms with Gasteiger partial charge in [0, 0.05) is 17.3 Å². The zero-order chi connectivity index (χ0) is 26.5. The number of anilines is 2. The van der Waals surface area contributed by atoms with Gasteiger partial charge in [0.05, 0.1) is 32.4 Å². The molecule has 0 saturated carbocycles. The average Bonchev–Trinajstić information content (AvgIpc) is 3.45. The SMILES string of the molecule is COC(=O)c1ccc(/C=C/c2cccc(-c3nc(Nc4ccc(OC)c(OC)c4)c4ncsc4n3)c2)cc1. The Bertz CT molecular complexity index is 1630. The first kappa shape index (κ1) is 24.9. The third kappa shape index (κ3) is 5.33. The quantitative estimate of drug-likeness (QED) is 0.182. The van der Waals surface area contributed by atoms with Gasteiger partial charge in [-0.15, -0.1) is 11.3 Å². The highest BCUT2D eigenvalue weighted by molar-refractivity contribution is 7.16. The lowest BCUT2D eigenvalue weighted by atomic mass is 10.1. The number of ether oxygens (including phenoxy) is 3. The fourth-order valence-corrected chi connectivity index (χ4v) is 4.51. The van der Waals surface area contributed by atoms with Gasteiger partial charge in [-0.2, -0.15) is 0 Å². The summed E-state index contributed by atoms with van der Waals surface area (Å²) < 4.78 is 15.5. The van der Waals surface area contributed by atoms with Crippen molar-refractivity contribution >= 4 is 51.3 Å².